The lowest BCUT2D eigenvalue weighted by atomic mass is 10.1. The summed E-state index contributed by atoms with van der Waals surface area (Å²) in [5, 5.41) is 9.90. The number of hydrogen-bond donors (Lipinski definition) is 2. The molecule has 38 heavy (non-hydrogen) atoms. The molecule has 6 heteroatoms. The van der Waals surface area contributed by atoms with Gasteiger partial charge in [-0.2, -0.15) is 0 Å². The number of fused-ring (bicyclic) bond motifs is 8. The Hall–Kier alpha value is -2.91. The molecule has 0 amide bonds. The number of aromatic amines is 1. The molecule has 2 nitrogen and oxygen atoms in total. The molecule has 0 atom stereocenters. The maximum Gasteiger partial charge on any atom is 0.0794 e. The lowest BCUT2D eigenvalue weighted by Crippen LogP contribution is -2.37. The van der Waals surface area contributed by atoms with Crippen molar-refractivity contribution in [1.82, 2.24) is 4.98 Å². The Morgan fingerprint density at radius 2 is 1.05 bits per heavy atom. The summed E-state index contributed by atoms with van der Waals surface area (Å²) in [4.78, 5) is 3.40. The summed E-state index contributed by atoms with van der Waals surface area (Å²) in [7, 11) is -2.62. The number of thiophene rings is 2. The van der Waals surface area contributed by atoms with Crippen LogP contribution in [0, 0.1) is 0 Å². The van der Waals surface area contributed by atoms with Gasteiger partial charge in [-0.1, -0.05) is 99.9 Å². The van der Waals surface area contributed by atoms with Crippen LogP contribution in [-0.2, 0) is 0 Å². The largest absolute Gasteiger partial charge is 0.398 e. The van der Waals surface area contributed by atoms with Crippen LogP contribution in [0.1, 0.15) is 0 Å². The van der Waals surface area contributed by atoms with E-state index >= 15 is 0 Å². The van der Waals surface area contributed by atoms with Crippen molar-refractivity contribution in [2.24, 2.45) is 0 Å². The topological polar surface area (TPSA) is 41.8 Å². The van der Waals surface area contributed by atoms with Crippen molar-refractivity contribution in [2.45, 2.75) is 39.3 Å². The zero-order valence-electron chi connectivity index (χ0n) is 22.9. The van der Waals surface area contributed by atoms with Crippen LogP contribution >= 0.6 is 22.7 Å². The highest BCUT2D eigenvalue weighted by Crippen LogP contribution is 2.38. The number of rotatable bonds is 2. The first-order chi connectivity index (χ1) is 18.0. The molecule has 0 aliphatic heterocycles. The molecule has 3 aromatic heterocycles. The molecule has 4 aromatic carbocycles. The van der Waals surface area contributed by atoms with Gasteiger partial charge in [0.05, 0.1) is 31.1 Å². The Kier molecular flexibility index (Phi) is 6.07. The summed E-state index contributed by atoms with van der Waals surface area (Å²) in [6.45, 7) is 14.5. The number of hydrogen-bond acceptors (Lipinski definition) is 3. The standard InChI is InChI=1S/C17H17NSSi.C15H17NSSi/c1-20(2,3)14-6-4-5-12-13-8-7-11-9-10-18-15(11)17(13)19-16(12)14;1-18(2,3)13-9-5-7-11-10-6-4-8-12(16)14(10)17-15(11)13/h4-10,18H,1-3H3;4-9H,16H2,1-3H3. The average Bonchev–Trinajstić information content (AvgIpc) is 3.58. The van der Waals surface area contributed by atoms with Crippen molar-refractivity contribution < 1.29 is 0 Å². The third-order valence-corrected chi connectivity index (χ3v) is 14.4. The maximum atomic E-state index is 6.10. The Morgan fingerprint density at radius 3 is 1.63 bits per heavy atom. The fraction of sp³-hybridized carbons (Fsp3) is 0.188. The van der Waals surface area contributed by atoms with Crippen molar-refractivity contribution in [3.8, 4) is 0 Å². The molecule has 0 saturated heterocycles. The Labute approximate surface area is 234 Å². The number of anilines is 1. The number of nitrogens with one attached hydrogen (secondary N) is 1. The number of benzene rings is 4. The minimum atomic E-state index is -1.31. The third-order valence-electron chi connectivity index (χ3n) is 7.36. The quantitative estimate of drug-likeness (QED) is 0.159. The predicted octanol–water partition coefficient (Wildman–Crippen LogP) is 9.26. The molecule has 0 radical (unpaired) electrons. The lowest BCUT2D eigenvalue weighted by Gasteiger charge is -2.17. The molecule has 7 aromatic rings. The van der Waals surface area contributed by atoms with Gasteiger partial charge in [0.15, 0.2) is 0 Å². The van der Waals surface area contributed by atoms with E-state index < -0.39 is 16.1 Å². The molecule has 0 fully saturated rings. The van der Waals surface area contributed by atoms with Crippen LogP contribution in [0.25, 0.3) is 51.2 Å². The van der Waals surface area contributed by atoms with Crippen LogP contribution in [0.5, 0.6) is 0 Å². The van der Waals surface area contributed by atoms with Crippen molar-refractivity contribution in [2.75, 3.05) is 5.73 Å². The molecule has 7 rings (SSSR count). The van der Waals surface area contributed by atoms with Crippen LogP contribution in [-0.4, -0.2) is 21.1 Å². The highest BCUT2D eigenvalue weighted by molar-refractivity contribution is 7.28. The second-order valence-electron chi connectivity index (χ2n) is 12.2. The van der Waals surface area contributed by atoms with E-state index in [-0.39, 0.29) is 0 Å². The van der Waals surface area contributed by atoms with E-state index in [0.29, 0.717) is 0 Å². The Bertz CT molecular complexity index is 1960. The smallest absolute Gasteiger partial charge is 0.0794 e. The minimum absolute atomic E-state index is 0.898. The highest BCUT2D eigenvalue weighted by atomic mass is 32.1. The molecule has 3 heterocycles. The fourth-order valence-corrected chi connectivity index (χ4v) is 12.8. The third kappa shape index (κ3) is 4.20. The summed E-state index contributed by atoms with van der Waals surface area (Å²) < 4.78 is 5.56. The molecule has 192 valence electrons. The normalized spacial score (nSPS) is 12.6. The Balaban J connectivity index is 0.000000140. The molecule has 0 unspecified atom stereocenters. The van der Waals surface area contributed by atoms with Crippen molar-refractivity contribution in [3.05, 3.63) is 79.0 Å². The number of aromatic nitrogens is 1. The molecule has 0 saturated carbocycles. The monoisotopic (exact) mass is 566 g/mol. The number of nitrogens with two attached hydrogens (primary N) is 1. The summed E-state index contributed by atoms with van der Waals surface area (Å²) in [5.74, 6) is 0. The maximum absolute atomic E-state index is 6.10. The van der Waals surface area contributed by atoms with E-state index in [2.05, 4.69) is 105 Å². The van der Waals surface area contributed by atoms with Crippen molar-refractivity contribution >= 4 is 106 Å². The summed E-state index contributed by atoms with van der Waals surface area (Å²) >= 11 is 3.80. The summed E-state index contributed by atoms with van der Waals surface area (Å²) in [5.41, 5.74) is 8.28. The van der Waals surface area contributed by atoms with Gasteiger partial charge in [-0.3, -0.25) is 0 Å². The Morgan fingerprint density at radius 1 is 0.553 bits per heavy atom. The predicted molar refractivity (Wildman–Crippen MR) is 181 cm³/mol. The van der Waals surface area contributed by atoms with Crippen molar-refractivity contribution in [3.63, 3.8) is 0 Å². The SMILES string of the molecule is C[Si](C)(C)c1cccc2c1sc1c(N)cccc12.C[Si](C)(C)c1cccc2c1sc1c2ccc2cc[nH]c21. The molecular weight excluding hydrogens is 533 g/mol. The fourth-order valence-electron chi connectivity index (χ4n) is 5.40. The van der Waals surface area contributed by atoms with Gasteiger partial charge < -0.3 is 10.7 Å². The second-order valence-corrected chi connectivity index (χ2v) is 24.3. The zero-order valence-corrected chi connectivity index (χ0v) is 26.5. The first-order valence-corrected chi connectivity index (χ1v) is 21.8. The van der Waals surface area contributed by atoms with Gasteiger partial charge in [0.2, 0.25) is 0 Å². The van der Waals surface area contributed by atoms with Crippen molar-refractivity contribution in [1.29, 1.82) is 0 Å². The van der Waals surface area contributed by atoms with E-state index in [1.807, 2.05) is 41.0 Å². The summed E-state index contributed by atoms with van der Waals surface area (Å²) in [6.07, 6.45) is 2.04. The summed E-state index contributed by atoms with van der Waals surface area (Å²) in [6, 6.07) is 26.4. The van der Waals surface area contributed by atoms with E-state index in [0.717, 1.165) is 5.69 Å². The number of H-pyrrole nitrogens is 1. The molecule has 0 bridgehead atoms. The molecule has 0 spiro atoms. The van der Waals surface area contributed by atoms with E-state index in [1.54, 1.807) is 10.4 Å². The van der Waals surface area contributed by atoms with Gasteiger partial charge in [-0.25, -0.2) is 0 Å². The number of nitrogen functional groups attached to an aromatic ring is 1. The lowest BCUT2D eigenvalue weighted by molar-refractivity contribution is 1.50. The van der Waals surface area contributed by atoms with Crippen LogP contribution < -0.4 is 16.1 Å². The van der Waals surface area contributed by atoms with Crippen LogP contribution in [0.2, 0.25) is 39.3 Å². The molecule has 0 aliphatic rings. The average molecular weight is 567 g/mol. The van der Waals surface area contributed by atoms with Gasteiger partial charge in [0.1, 0.15) is 0 Å². The highest BCUT2D eigenvalue weighted by Gasteiger charge is 2.22. The van der Waals surface area contributed by atoms with Crippen LogP contribution in [0.4, 0.5) is 5.69 Å². The van der Waals surface area contributed by atoms with E-state index in [4.69, 9.17) is 5.73 Å². The first-order valence-electron chi connectivity index (χ1n) is 13.2. The zero-order chi connectivity index (χ0) is 26.8. The molecule has 0 aliphatic carbocycles. The first kappa shape index (κ1) is 25.4. The van der Waals surface area contributed by atoms with Crippen LogP contribution in [0.3, 0.4) is 0 Å². The minimum Gasteiger partial charge on any atom is -0.398 e. The van der Waals surface area contributed by atoms with Crippen LogP contribution in [0.15, 0.2) is 79.0 Å². The molecular formula is C32H34N2S2Si2. The van der Waals surface area contributed by atoms with Gasteiger partial charge in [-0.15, -0.1) is 22.7 Å². The van der Waals surface area contributed by atoms with Gasteiger partial charge in [0, 0.05) is 48.2 Å². The van der Waals surface area contributed by atoms with Gasteiger partial charge in [0.25, 0.3) is 0 Å². The van der Waals surface area contributed by atoms with Gasteiger partial charge in [-0.05, 0) is 22.5 Å². The van der Waals surface area contributed by atoms with Gasteiger partial charge >= 0.3 is 0 Å². The van der Waals surface area contributed by atoms with E-state index in [1.165, 1.54) is 51.2 Å². The second kappa shape index (κ2) is 9.09. The van der Waals surface area contributed by atoms with E-state index in [9.17, 15) is 0 Å². The molecule has 3 N–H and O–H groups in total.